The highest BCUT2D eigenvalue weighted by atomic mass is 32.2. The molecular weight excluding hydrogens is 558 g/mol. The molecule has 10 nitrogen and oxygen atoms in total. The van der Waals surface area contributed by atoms with E-state index >= 15 is 0 Å². The van der Waals surface area contributed by atoms with E-state index in [-0.39, 0.29) is 29.1 Å². The lowest BCUT2D eigenvalue weighted by molar-refractivity contribution is -0.139. The van der Waals surface area contributed by atoms with Crippen molar-refractivity contribution in [2.24, 2.45) is 0 Å². The van der Waals surface area contributed by atoms with E-state index in [4.69, 9.17) is 14.2 Å². The molecule has 0 aliphatic heterocycles. The molecule has 3 rings (SSSR count). The van der Waals surface area contributed by atoms with Crippen LogP contribution in [0.5, 0.6) is 17.2 Å². The van der Waals surface area contributed by atoms with Crippen LogP contribution in [0.3, 0.4) is 0 Å². The smallest absolute Gasteiger partial charge is 0.264 e. The van der Waals surface area contributed by atoms with Gasteiger partial charge in [0.2, 0.25) is 11.8 Å². The van der Waals surface area contributed by atoms with Crippen LogP contribution in [0.25, 0.3) is 0 Å². The number of methoxy groups -OCH3 is 3. The molecular formula is C31H39N3O7S. The summed E-state index contributed by atoms with van der Waals surface area (Å²) >= 11 is 0. The molecule has 1 N–H and O–H groups in total. The molecule has 0 spiro atoms. The van der Waals surface area contributed by atoms with Crippen molar-refractivity contribution < 1.29 is 32.2 Å². The maximum absolute atomic E-state index is 14.1. The number of carbonyl (C=O) groups excluding carboxylic acids is 2. The summed E-state index contributed by atoms with van der Waals surface area (Å²) in [6.07, 6.45) is 0. The van der Waals surface area contributed by atoms with Crippen molar-refractivity contribution in [3.8, 4) is 17.2 Å². The van der Waals surface area contributed by atoms with Gasteiger partial charge in [0, 0.05) is 18.7 Å². The third kappa shape index (κ3) is 7.73. The molecule has 0 heterocycles. The highest BCUT2D eigenvalue weighted by Gasteiger charge is 2.33. The van der Waals surface area contributed by atoms with Gasteiger partial charge in [-0.1, -0.05) is 29.8 Å². The number of hydrogen-bond acceptors (Lipinski definition) is 7. The van der Waals surface area contributed by atoms with Crippen LogP contribution in [0.15, 0.2) is 71.6 Å². The highest BCUT2D eigenvalue weighted by Crippen LogP contribution is 2.32. The van der Waals surface area contributed by atoms with Gasteiger partial charge in [0.25, 0.3) is 10.0 Å². The minimum Gasteiger partial charge on any atom is -0.497 e. The largest absolute Gasteiger partial charge is 0.497 e. The predicted molar refractivity (Wildman–Crippen MR) is 162 cm³/mol. The number of hydrogen-bond donors (Lipinski definition) is 1. The fraction of sp³-hybridized carbons (Fsp3) is 0.355. The average Bonchev–Trinajstić information content (AvgIpc) is 2.98. The maximum atomic E-state index is 14.1. The molecule has 11 heteroatoms. The van der Waals surface area contributed by atoms with Gasteiger partial charge in [-0.15, -0.1) is 0 Å². The van der Waals surface area contributed by atoms with Crippen molar-refractivity contribution in [3.63, 3.8) is 0 Å². The van der Waals surface area contributed by atoms with Crippen LogP contribution in [-0.4, -0.2) is 65.1 Å². The first-order valence-electron chi connectivity index (χ1n) is 13.5. The number of benzene rings is 3. The van der Waals surface area contributed by atoms with Crippen molar-refractivity contribution in [2.75, 3.05) is 32.2 Å². The van der Waals surface area contributed by atoms with E-state index in [0.717, 1.165) is 15.4 Å². The van der Waals surface area contributed by atoms with E-state index in [1.54, 1.807) is 62.6 Å². The number of aryl methyl sites for hydroxylation is 1. The summed E-state index contributed by atoms with van der Waals surface area (Å²) in [6.45, 7) is 6.69. The normalized spacial score (nSPS) is 11.9. The minimum atomic E-state index is -4.27. The fourth-order valence-electron chi connectivity index (χ4n) is 4.26. The van der Waals surface area contributed by atoms with Crippen LogP contribution in [-0.2, 0) is 26.2 Å². The number of sulfonamides is 1. The summed E-state index contributed by atoms with van der Waals surface area (Å²) in [4.78, 5) is 28.4. The molecule has 0 aromatic heterocycles. The number of rotatable bonds is 13. The molecule has 0 radical (unpaired) electrons. The number of nitrogens with zero attached hydrogens (tertiary/aromatic N) is 2. The van der Waals surface area contributed by atoms with E-state index in [2.05, 4.69) is 5.32 Å². The number of carbonyl (C=O) groups is 2. The molecule has 0 aliphatic carbocycles. The zero-order valence-electron chi connectivity index (χ0n) is 25.1. The van der Waals surface area contributed by atoms with E-state index in [9.17, 15) is 18.0 Å². The summed E-state index contributed by atoms with van der Waals surface area (Å²) in [5.41, 5.74) is 1.97. The van der Waals surface area contributed by atoms with Crippen LogP contribution < -0.4 is 23.8 Å². The second-order valence-corrected chi connectivity index (χ2v) is 11.9. The molecule has 0 saturated carbocycles. The molecule has 226 valence electrons. The Kier molecular flexibility index (Phi) is 10.8. The molecule has 0 aliphatic rings. The summed E-state index contributed by atoms with van der Waals surface area (Å²) in [6, 6.07) is 17.2. The molecule has 42 heavy (non-hydrogen) atoms. The lowest BCUT2D eigenvalue weighted by atomic mass is 10.1. The Balaban J connectivity index is 2.06. The Morgan fingerprint density at radius 1 is 0.833 bits per heavy atom. The molecule has 0 bridgehead atoms. The fourth-order valence-corrected chi connectivity index (χ4v) is 5.69. The molecule has 3 aromatic carbocycles. The quantitative estimate of drug-likeness (QED) is 0.315. The lowest BCUT2D eigenvalue weighted by Gasteiger charge is -2.32. The van der Waals surface area contributed by atoms with Gasteiger partial charge < -0.3 is 24.4 Å². The summed E-state index contributed by atoms with van der Waals surface area (Å²) in [5.74, 6) is 0.339. The van der Waals surface area contributed by atoms with Crippen molar-refractivity contribution in [2.45, 2.75) is 51.2 Å². The van der Waals surface area contributed by atoms with Crippen molar-refractivity contribution in [1.29, 1.82) is 0 Å². The second-order valence-electron chi connectivity index (χ2n) is 10.1. The number of amides is 2. The Hall–Kier alpha value is -4.25. The summed E-state index contributed by atoms with van der Waals surface area (Å²) in [7, 11) is 0.159. The lowest BCUT2D eigenvalue weighted by Crippen LogP contribution is -2.52. The monoisotopic (exact) mass is 597 g/mol. The molecule has 1 atom stereocenters. The van der Waals surface area contributed by atoms with Crippen molar-refractivity contribution in [3.05, 3.63) is 77.9 Å². The summed E-state index contributed by atoms with van der Waals surface area (Å²) < 4.78 is 45.1. The van der Waals surface area contributed by atoms with Gasteiger partial charge in [-0.2, -0.15) is 0 Å². The maximum Gasteiger partial charge on any atom is 0.264 e. The Bertz CT molecular complexity index is 1470. The van der Waals surface area contributed by atoms with E-state index in [0.29, 0.717) is 17.2 Å². The first-order chi connectivity index (χ1) is 19.9. The van der Waals surface area contributed by atoms with Crippen LogP contribution in [0, 0.1) is 6.92 Å². The molecule has 2 amide bonds. The van der Waals surface area contributed by atoms with Gasteiger partial charge in [0.05, 0.1) is 31.9 Å². The zero-order chi connectivity index (χ0) is 31.0. The summed E-state index contributed by atoms with van der Waals surface area (Å²) in [5, 5.41) is 2.84. The van der Waals surface area contributed by atoms with Gasteiger partial charge in [0.15, 0.2) is 11.5 Å². The third-order valence-electron chi connectivity index (χ3n) is 6.65. The zero-order valence-corrected chi connectivity index (χ0v) is 25.9. The topological polar surface area (TPSA) is 114 Å². The van der Waals surface area contributed by atoms with E-state index in [1.807, 2.05) is 20.8 Å². The van der Waals surface area contributed by atoms with Crippen LogP contribution in [0.2, 0.25) is 0 Å². The first kappa shape index (κ1) is 32.3. The van der Waals surface area contributed by atoms with Crippen LogP contribution >= 0.6 is 0 Å². The third-order valence-corrected chi connectivity index (χ3v) is 8.42. The minimum absolute atomic E-state index is 0.0770. The van der Waals surface area contributed by atoms with Gasteiger partial charge in [-0.25, -0.2) is 8.42 Å². The molecule has 0 fully saturated rings. The highest BCUT2D eigenvalue weighted by molar-refractivity contribution is 7.92. The van der Waals surface area contributed by atoms with Crippen LogP contribution in [0.4, 0.5) is 5.69 Å². The Labute approximate surface area is 248 Å². The standard InChI is InChI=1S/C31H39N3O7S/c1-21(2)32-31(36)23(4)33(19-24-10-14-26(39-5)15-11-24)30(35)20-34(25-12-8-22(3)9-13-25)42(37,38)27-16-17-28(40-6)29(18-27)41-7/h8-18,21,23H,19-20H2,1-7H3,(H,32,36). The van der Waals surface area contributed by atoms with E-state index < -0.39 is 28.5 Å². The predicted octanol–water partition coefficient (Wildman–Crippen LogP) is 4.16. The van der Waals surface area contributed by atoms with Gasteiger partial charge in [0.1, 0.15) is 18.3 Å². The van der Waals surface area contributed by atoms with Crippen molar-refractivity contribution >= 4 is 27.5 Å². The molecule has 3 aromatic rings. The molecule has 0 saturated heterocycles. The second kappa shape index (κ2) is 14.1. The van der Waals surface area contributed by atoms with Gasteiger partial charge in [-0.3, -0.25) is 13.9 Å². The number of ether oxygens (including phenoxy) is 3. The molecule has 1 unspecified atom stereocenters. The van der Waals surface area contributed by atoms with Crippen LogP contribution in [0.1, 0.15) is 31.9 Å². The Morgan fingerprint density at radius 2 is 1.45 bits per heavy atom. The average molecular weight is 598 g/mol. The van der Waals surface area contributed by atoms with Gasteiger partial charge in [-0.05, 0) is 69.7 Å². The number of anilines is 1. The SMILES string of the molecule is COc1ccc(CN(C(=O)CN(c2ccc(C)cc2)S(=O)(=O)c2ccc(OC)c(OC)c2)C(C)C(=O)NC(C)C)cc1. The van der Waals surface area contributed by atoms with E-state index in [1.165, 1.54) is 37.3 Å². The van der Waals surface area contributed by atoms with Crippen molar-refractivity contribution in [1.82, 2.24) is 10.2 Å². The number of nitrogens with one attached hydrogen (secondary N) is 1. The van der Waals surface area contributed by atoms with Gasteiger partial charge >= 0.3 is 0 Å². The first-order valence-corrected chi connectivity index (χ1v) is 14.9. The Morgan fingerprint density at radius 3 is 2.00 bits per heavy atom.